The Hall–Kier alpha value is -0.750. The Labute approximate surface area is 123 Å². The molecule has 0 fully saturated rings. The fourth-order valence-corrected chi connectivity index (χ4v) is 3.48. The molecule has 0 amide bonds. The average Bonchev–Trinajstić information content (AvgIpc) is 2.31. The number of hydrogen-bond acceptors (Lipinski definition) is 4. The van der Waals surface area contributed by atoms with Crippen LogP contribution in [0.1, 0.15) is 19.4 Å². The monoisotopic (exact) mass is 349 g/mol. The summed E-state index contributed by atoms with van der Waals surface area (Å²) in [5.74, 6) is 0.977. The number of aryl methyl sites for hydroxylation is 1. The van der Waals surface area contributed by atoms with Gasteiger partial charge in [0.25, 0.3) is 0 Å². The number of rotatable bonds is 6. The number of benzene rings is 1. The van der Waals surface area contributed by atoms with Crippen molar-refractivity contribution in [2.24, 2.45) is 0 Å². The van der Waals surface area contributed by atoms with Crippen molar-refractivity contribution in [3.05, 3.63) is 22.2 Å². The molecule has 0 radical (unpaired) electrons. The largest absolute Gasteiger partial charge is 0.495 e. The molecule has 0 aromatic heterocycles. The first-order valence-corrected chi connectivity index (χ1v) is 8.71. The molecule has 0 aliphatic carbocycles. The van der Waals surface area contributed by atoms with E-state index < -0.39 is 9.84 Å². The van der Waals surface area contributed by atoms with Crippen molar-refractivity contribution >= 4 is 31.5 Å². The van der Waals surface area contributed by atoms with Gasteiger partial charge in [0.2, 0.25) is 0 Å². The van der Waals surface area contributed by atoms with Crippen LogP contribution in [-0.2, 0) is 9.84 Å². The number of anilines is 1. The van der Waals surface area contributed by atoms with Crippen LogP contribution in [0.15, 0.2) is 16.6 Å². The zero-order chi connectivity index (χ0) is 14.6. The number of methoxy groups -OCH3 is 1. The third-order valence-corrected chi connectivity index (χ3v) is 5.16. The van der Waals surface area contributed by atoms with Gasteiger partial charge in [0.1, 0.15) is 5.75 Å². The van der Waals surface area contributed by atoms with Crippen LogP contribution in [0.25, 0.3) is 0 Å². The maximum Gasteiger partial charge on any atom is 0.152 e. The normalized spacial score (nSPS) is 13.1. The second-order valence-electron chi connectivity index (χ2n) is 4.54. The van der Waals surface area contributed by atoms with E-state index in [2.05, 4.69) is 21.2 Å². The summed E-state index contributed by atoms with van der Waals surface area (Å²) in [5.41, 5.74) is 1.84. The Morgan fingerprint density at radius 3 is 2.58 bits per heavy atom. The fraction of sp³-hybridized carbons (Fsp3) is 0.538. The Morgan fingerprint density at radius 1 is 1.42 bits per heavy atom. The third kappa shape index (κ3) is 4.69. The summed E-state index contributed by atoms with van der Waals surface area (Å²) in [4.78, 5) is 0. The molecule has 0 aliphatic rings. The molecule has 0 saturated heterocycles. The highest BCUT2D eigenvalue weighted by atomic mass is 79.9. The molecular weight excluding hydrogens is 330 g/mol. The van der Waals surface area contributed by atoms with Gasteiger partial charge in [-0.1, -0.05) is 22.9 Å². The smallest absolute Gasteiger partial charge is 0.152 e. The highest BCUT2D eigenvalue weighted by Crippen LogP contribution is 2.32. The first kappa shape index (κ1) is 16.3. The fourth-order valence-electron chi connectivity index (χ4n) is 1.85. The highest BCUT2D eigenvalue weighted by Gasteiger charge is 2.16. The van der Waals surface area contributed by atoms with Crippen LogP contribution in [-0.4, -0.2) is 33.1 Å². The molecule has 108 valence electrons. The third-order valence-electron chi connectivity index (χ3n) is 2.82. The molecule has 1 unspecified atom stereocenters. The molecule has 6 heteroatoms. The lowest BCUT2D eigenvalue weighted by Crippen LogP contribution is -2.27. The van der Waals surface area contributed by atoms with E-state index >= 15 is 0 Å². The van der Waals surface area contributed by atoms with Crippen LogP contribution in [0.3, 0.4) is 0 Å². The summed E-state index contributed by atoms with van der Waals surface area (Å²) in [5, 5.41) is 3.22. The van der Waals surface area contributed by atoms with Crippen molar-refractivity contribution < 1.29 is 13.2 Å². The topological polar surface area (TPSA) is 55.4 Å². The SMILES string of the molecule is CCS(=O)(=O)CC(C)Nc1c(C)cc(Br)cc1OC. The van der Waals surface area contributed by atoms with E-state index in [1.165, 1.54) is 0 Å². The predicted octanol–water partition coefficient (Wildman–Crippen LogP) is 3.00. The first-order chi connectivity index (χ1) is 8.79. The standard InChI is InChI=1S/C13H20BrNO3S/c1-5-19(16,17)8-10(3)15-13-9(2)6-11(14)7-12(13)18-4/h6-7,10,15H,5,8H2,1-4H3. The number of nitrogens with one attached hydrogen (secondary N) is 1. The average molecular weight is 350 g/mol. The summed E-state index contributed by atoms with van der Waals surface area (Å²) in [6.07, 6.45) is 0. The van der Waals surface area contributed by atoms with E-state index in [0.717, 1.165) is 15.7 Å². The van der Waals surface area contributed by atoms with Gasteiger partial charge in [0.05, 0.1) is 18.6 Å². The van der Waals surface area contributed by atoms with Crippen molar-refractivity contribution in [1.29, 1.82) is 0 Å². The van der Waals surface area contributed by atoms with Gasteiger partial charge in [-0.25, -0.2) is 8.42 Å². The minimum absolute atomic E-state index is 0.113. The minimum Gasteiger partial charge on any atom is -0.495 e. The molecule has 0 heterocycles. The van der Waals surface area contributed by atoms with E-state index in [4.69, 9.17) is 4.74 Å². The molecule has 1 aromatic rings. The minimum atomic E-state index is -2.99. The van der Waals surface area contributed by atoms with E-state index in [1.807, 2.05) is 26.0 Å². The van der Waals surface area contributed by atoms with Crippen molar-refractivity contribution in [3.8, 4) is 5.75 Å². The van der Waals surface area contributed by atoms with E-state index in [9.17, 15) is 8.42 Å². The summed E-state index contributed by atoms with van der Waals surface area (Å²) < 4.78 is 29.5. The van der Waals surface area contributed by atoms with Gasteiger partial charge in [0.15, 0.2) is 9.84 Å². The van der Waals surface area contributed by atoms with Crippen molar-refractivity contribution in [2.45, 2.75) is 26.8 Å². The molecule has 1 atom stereocenters. The maximum atomic E-state index is 11.6. The van der Waals surface area contributed by atoms with Gasteiger partial charge >= 0.3 is 0 Å². The summed E-state index contributed by atoms with van der Waals surface area (Å²) in [6.45, 7) is 5.47. The first-order valence-electron chi connectivity index (χ1n) is 6.10. The molecule has 4 nitrogen and oxygen atoms in total. The molecule has 0 saturated carbocycles. The molecule has 0 aliphatic heterocycles. The summed E-state index contributed by atoms with van der Waals surface area (Å²) in [7, 11) is -1.39. The van der Waals surface area contributed by atoms with E-state index in [-0.39, 0.29) is 17.5 Å². The van der Waals surface area contributed by atoms with Gasteiger partial charge in [0, 0.05) is 16.3 Å². The van der Waals surface area contributed by atoms with Crippen LogP contribution in [0.2, 0.25) is 0 Å². The molecule has 1 rings (SSSR count). The number of sulfone groups is 1. The van der Waals surface area contributed by atoms with Crippen molar-refractivity contribution in [1.82, 2.24) is 0 Å². The van der Waals surface area contributed by atoms with Gasteiger partial charge in [-0.2, -0.15) is 0 Å². The van der Waals surface area contributed by atoms with Gasteiger partial charge < -0.3 is 10.1 Å². The number of halogens is 1. The Bertz CT molecular complexity index is 543. The van der Waals surface area contributed by atoms with Crippen molar-refractivity contribution in [3.63, 3.8) is 0 Å². The van der Waals surface area contributed by atoms with Crippen molar-refractivity contribution in [2.75, 3.05) is 23.9 Å². The molecule has 1 N–H and O–H groups in total. The maximum absolute atomic E-state index is 11.6. The van der Waals surface area contributed by atoms with Crippen LogP contribution < -0.4 is 10.1 Å². The zero-order valence-electron chi connectivity index (χ0n) is 11.7. The van der Waals surface area contributed by atoms with Gasteiger partial charge in [-0.15, -0.1) is 0 Å². The molecule has 0 spiro atoms. The summed E-state index contributed by atoms with van der Waals surface area (Å²) in [6, 6.07) is 3.65. The van der Waals surface area contributed by atoms with Crippen LogP contribution in [0.5, 0.6) is 5.75 Å². The number of ether oxygens (including phenoxy) is 1. The second-order valence-corrected chi connectivity index (χ2v) is 7.86. The second kappa shape index (κ2) is 6.61. The lowest BCUT2D eigenvalue weighted by atomic mass is 10.1. The zero-order valence-corrected chi connectivity index (χ0v) is 14.1. The Morgan fingerprint density at radius 2 is 2.05 bits per heavy atom. The Kier molecular flexibility index (Phi) is 5.67. The van der Waals surface area contributed by atoms with Crippen LogP contribution >= 0.6 is 15.9 Å². The van der Waals surface area contributed by atoms with Gasteiger partial charge in [-0.05, 0) is 31.5 Å². The van der Waals surface area contributed by atoms with E-state index in [0.29, 0.717) is 5.75 Å². The quantitative estimate of drug-likeness (QED) is 0.857. The van der Waals surface area contributed by atoms with Gasteiger partial charge in [-0.3, -0.25) is 0 Å². The Balaban J connectivity index is 2.93. The summed E-state index contributed by atoms with van der Waals surface area (Å²) >= 11 is 3.41. The van der Waals surface area contributed by atoms with Crippen LogP contribution in [0.4, 0.5) is 5.69 Å². The molecular formula is C13H20BrNO3S. The molecule has 1 aromatic carbocycles. The van der Waals surface area contributed by atoms with Crippen LogP contribution in [0, 0.1) is 6.92 Å². The number of hydrogen-bond donors (Lipinski definition) is 1. The lowest BCUT2D eigenvalue weighted by molar-refractivity contribution is 0.415. The molecule has 0 bridgehead atoms. The molecule has 19 heavy (non-hydrogen) atoms. The van der Waals surface area contributed by atoms with E-state index in [1.54, 1.807) is 14.0 Å². The lowest BCUT2D eigenvalue weighted by Gasteiger charge is -2.19. The predicted molar refractivity (Wildman–Crippen MR) is 82.8 cm³/mol. The highest BCUT2D eigenvalue weighted by molar-refractivity contribution is 9.10.